The summed E-state index contributed by atoms with van der Waals surface area (Å²) in [4.78, 5) is 12.5. The first-order valence-corrected chi connectivity index (χ1v) is 8.70. The first kappa shape index (κ1) is 14.2. The highest BCUT2D eigenvalue weighted by atomic mass is 32.2. The topological polar surface area (TPSA) is 66.5 Å². The first-order valence-electron chi connectivity index (χ1n) is 6.38. The third-order valence-electron chi connectivity index (χ3n) is 3.37. The lowest BCUT2D eigenvalue weighted by Crippen LogP contribution is -2.26. The molecule has 1 aliphatic rings. The maximum Gasteiger partial charge on any atom is 0.243 e. The Morgan fingerprint density at radius 1 is 1.33 bits per heavy atom. The fourth-order valence-corrected chi connectivity index (χ4v) is 4.29. The van der Waals surface area contributed by atoms with E-state index in [1.807, 2.05) is 17.5 Å². The maximum atomic E-state index is 12.6. The molecule has 0 saturated carbocycles. The van der Waals surface area contributed by atoms with Crippen LogP contribution in [0.1, 0.15) is 10.4 Å². The van der Waals surface area contributed by atoms with Gasteiger partial charge >= 0.3 is 0 Å². The number of nitrogens with zero attached hydrogens (tertiary/aromatic N) is 1. The minimum Gasteiger partial charge on any atom is -0.326 e. The van der Waals surface area contributed by atoms with E-state index in [2.05, 4.69) is 5.32 Å². The smallest absolute Gasteiger partial charge is 0.243 e. The van der Waals surface area contributed by atoms with Gasteiger partial charge in [0, 0.05) is 24.2 Å². The molecule has 0 atom stereocenters. The van der Waals surface area contributed by atoms with Gasteiger partial charge in [-0.3, -0.25) is 4.79 Å². The third kappa shape index (κ3) is 2.72. The van der Waals surface area contributed by atoms with Crippen LogP contribution < -0.4 is 5.32 Å². The molecule has 0 aliphatic carbocycles. The monoisotopic (exact) mass is 322 g/mol. The molecule has 0 unspecified atom stereocenters. The number of thiophene rings is 1. The van der Waals surface area contributed by atoms with E-state index in [1.165, 1.54) is 21.7 Å². The molecule has 1 aromatic carbocycles. The number of amides is 1. The number of carbonyl (C=O) groups excluding carboxylic acids is 1. The summed E-state index contributed by atoms with van der Waals surface area (Å²) in [6.07, 6.45) is 0.229. The number of rotatable bonds is 4. The molecule has 1 aromatic heterocycles. The highest BCUT2D eigenvalue weighted by Gasteiger charge is 2.25. The van der Waals surface area contributed by atoms with E-state index in [4.69, 9.17) is 0 Å². The molecule has 7 heteroatoms. The van der Waals surface area contributed by atoms with Crippen LogP contribution in [0, 0.1) is 0 Å². The Balaban J connectivity index is 1.88. The largest absolute Gasteiger partial charge is 0.326 e. The SMILES string of the molecule is CN(Cc1cccs1)S(=O)(=O)c1ccc2c(c1)CC(=O)N2. The number of carbonyl (C=O) groups is 1. The molecule has 21 heavy (non-hydrogen) atoms. The van der Waals surface area contributed by atoms with Crippen molar-refractivity contribution in [3.8, 4) is 0 Å². The summed E-state index contributed by atoms with van der Waals surface area (Å²) in [7, 11) is -1.99. The van der Waals surface area contributed by atoms with Crippen molar-refractivity contribution < 1.29 is 13.2 Å². The van der Waals surface area contributed by atoms with Crippen LogP contribution >= 0.6 is 11.3 Å². The van der Waals surface area contributed by atoms with Crippen molar-refractivity contribution in [3.05, 3.63) is 46.2 Å². The van der Waals surface area contributed by atoms with Crippen LogP contribution in [0.3, 0.4) is 0 Å². The quantitative estimate of drug-likeness (QED) is 0.937. The number of fused-ring (bicyclic) bond motifs is 1. The zero-order valence-electron chi connectivity index (χ0n) is 11.4. The molecular formula is C14H14N2O3S2. The molecule has 0 fully saturated rings. The minimum absolute atomic E-state index is 0.105. The number of sulfonamides is 1. The van der Waals surface area contributed by atoms with Gasteiger partial charge in [-0.2, -0.15) is 4.31 Å². The van der Waals surface area contributed by atoms with Crippen LogP contribution in [-0.2, 0) is 27.8 Å². The van der Waals surface area contributed by atoms with Gasteiger partial charge in [0.15, 0.2) is 0 Å². The van der Waals surface area contributed by atoms with Gasteiger partial charge in [-0.15, -0.1) is 11.3 Å². The standard InChI is InChI=1S/C14H14N2O3S2/c1-16(9-11-3-2-6-20-11)21(18,19)12-4-5-13-10(7-12)8-14(17)15-13/h2-7H,8-9H2,1H3,(H,15,17). The second-order valence-electron chi connectivity index (χ2n) is 4.88. The Morgan fingerprint density at radius 3 is 2.86 bits per heavy atom. The van der Waals surface area contributed by atoms with Crippen LogP contribution in [0.2, 0.25) is 0 Å². The van der Waals surface area contributed by atoms with Gasteiger partial charge in [-0.25, -0.2) is 8.42 Å². The predicted octanol–water partition coefficient (Wildman–Crippen LogP) is 2.06. The average molecular weight is 322 g/mol. The molecular weight excluding hydrogens is 308 g/mol. The molecule has 0 spiro atoms. The number of anilines is 1. The van der Waals surface area contributed by atoms with Crippen molar-refractivity contribution in [3.63, 3.8) is 0 Å². The van der Waals surface area contributed by atoms with Gasteiger partial charge in [-0.1, -0.05) is 6.07 Å². The van der Waals surface area contributed by atoms with Crippen molar-refractivity contribution in [2.75, 3.05) is 12.4 Å². The van der Waals surface area contributed by atoms with Gasteiger partial charge < -0.3 is 5.32 Å². The van der Waals surface area contributed by atoms with Gasteiger partial charge in [0.25, 0.3) is 0 Å². The van der Waals surface area contributed by atoms with Crippen LogP contribution in [-0.4, -0.2) is 25.7 Å². The zero-order valence-corrected chi connectivity index (χ0v) is 13.0. The molecule has 5 nitrogen and oxygen atoms in total. The van der Waals surface area contributed by atoms with E-state index in [1.54, 1.807) is 19.2 Å². The Labute approximate surface area is 127 Å². The fourth-order valence-electron chi connectivity index (χ4n) is 2.25. The fraction of sp³-hybridized carbons (Fsp3) is 0.214. The molecule has 0 radical (unpaired) electrons. The van der Waals surface area contributed by atoms with Crippen molar-refractivity contribution in [1.82, 2.24) is 4.31 Å². The molecule has 1 amide bonds. The Kier molecular flexibility index (Phi) is 3.56. The predicted molar refractivity (Wildman–Crippen MR) is 81.7 cm³/mol. The van der Waals surface area contributed by atoms with Crippen molar-refractivity contribution >= 4 is 33.0 Å². The Hall–Kier alpha value is -1.70. The highest BCUT2D eigenvalue weighted by Crippen LogP contribution is 2.27. The van der Waals surface area contributed by atoms with Crippen LogP contribution in [0.4, 0.5) is 5.69 Å². The van der Waals surface area contributed by atoms with Gasteiger partial charge in [0.2, 0.25) is 15.9 Å². The van der Waals surface area contributed by atoms with Gasteiger partial charge in [-0.05, 0) is 35.2 Å². The Morgan fingerprint density at radius 2 is 2.14 bits per heavy atom. The number of hydrogen-bond acceptors (Lipinski definition) is 4. The average Bonchev–Trinajstić information content (AvgIpc) is 3.05. The summed E-state index contributed by atoms with van der Waals surface area (Å²) >= 11 is 1.52. The summed E-state index contributed by atoms with van der Waals surface area (Å²) in [6.45, 7) is 0.342. The molecule has 2 heterocycles. The number of nitrogens with one attached hydrogen (secondary N) is 1. The molecule has 110 valence electrons. The molecule has 0 saturated heterocycles. The second kappa shape index (κ2) is 5.25. The van der Waals surface area contributed by atoms with E-state index in [-0.39, 0.29) is 17.2 Å². The van der Waals surface area contributed by atoms with Crippen molar-refractivity contribution in [2.45, 2.75) is 17.9 Å². The van der Waals surface area contributed by atoms with Crippen molar-refractivity contribution in [2.24, 2.45) is 0 Å². The maximum absolute atomic E-state index is 12.6. The second-order valence-corrected chi connectivity index (χ2v) is 7.96. The molecule has 3 rings (SSSR count). The lowest BCUT2D eigenvalue weighted by Gasteiger charge is -2.16. The molecule has 1 aliphatic heterocycles. The third-order valence-corrected chi connectivity index (χ3v) is 6.03. The minimum atomic E-state index is -3.55. The molecule has 2 aromatic rings. The number of benzene rings is 1. The van der Waals surface area contributed by atoms with Crippen LogP contribution in [0.15, 0.2) is 40.6 Å². The van der Waals surface area contributed by atoms with E-state index in [0.717, 1.165) is 10.4 Å². The van der Waals surface area contributed by atoms with E-state index in [0.29, 0.717) is 12.2 Å². The normalized spacial score (nSPS) is 14.3. The van der Waals surface area contributed by atoms with Crippen LogP contribution in [0.5, 0.6) is 0 Å². The Bertz CT molecular complexity index is 783. The molecule has 1 N–H and O–H groups in total. The summed E-state index contributed by atoms with van der Waals surface area (Å²) in [5.74, 6) is -0.105. The van der Waals surface area contributed by atoms with E-state index in [9.17, 15) is 13.2 Å². The lowest BCUT2D eigenvalue weighted by atomic mass is 10.2. The first-order chi connectivity index (χ1) is 9.96. The van der Waals surface area contributed by atoms with Gasteiger partial charge in [0.1, 0.15) is 0 Å². The summed E-state index contributed by atoms with van der Waals surface area (Å²) < 4.78 is 26.5. The number of hydrogen-bond donors (Lipinski definition) is 1. The van der Waals surface area contributed by atoms with Crippen LogP contribution in [0.25, 0.3) is 0 Å². The zero-order chi connectivity index (χ0) is 15.0. The van der Waals surface area contributed by atoms with E-state index >= 15 is 0 Å². The summed E-state index contributed by atoms with van der Waals surface area (Å²) in [5.41, 5.74) is 1.42. The lowest BCUT2D eigenvalue weighted by molar-refractivity contribution is -0.115. The summed E-state index contributed by atoms with van der Waals surface area (Å²) in [6, 6.07) is 8.55. The van der Waals surface area contributed by atoms with E-state index < -0.39 is 10.0 Å². The van der Waals surface area contributed by atoms with Gasteiger partial charge in [0.05, 0.1) is 11.3 Å². The van der Waals surface area contributed by atoms with Crippen molar-refractivity contribution in [1.29, 1.82) is 0 Å². The highest BCUT2D eigenvalue weighted by molar-refractivity contribution is 7.89. The molecule has 0 bridgehead atoms. The summed E-state index contributed by atoms with van der Waals surface area (Å²) in [5, 5.41) is 4.62.